The first kappa shape index (κ1) is 10.8. The lowest BCUT2D eigenvalue weighted by Gasteiger charge is -2.04. The van der Waals surface area contributed by atoms with Gasteiger partial charge in [-0.1, -0.05) is 29.8 Å². The van der Waals surface area contributed by atoms with Gasteiger partial charge >= 0.3 is 0 Å². The van der Waals surface area contributed by atoms with Crippen molar-refractivity contribution >= 4 is 0 Å². The number of hydrogen-bond acceptors (Lipinski definition) is 4. The van der Waals surface area contributed by atoms with Crippen LogP contribution in [0.1, 0.15) is 17.0 Å². The lowest BCUT2D eigenvalue weighted by Crippen LogP contribution is -2.11. The van der Waals surface area contributed by atoms with Gasteiger partial charge < -0.3 is 5.73 Å². The summed E-state index contributed by atoms with van der Waals surface area (Å²) in [5.74, 6) is 0.729. The van der Waals surface area contributed by atoms with Crippen molar-refractivity contribution in [3.05, 3.63) is 41.2 Å². The monoisotopic (exact) mass is 217 g/mol. The van der Waals surface area contributed by atoms with Crippen LogP contribution in [0.5, 0.6) is 0 Å². The van der Waals surface area contributed by atoms with Crippen molar-refractivity contribution in [1.82, 2.24) is 20.2 Å². The molecule has 0 saturated carbocycles. The second kappa shape index (κ2) is 4.85. The van der Waals surface area contributed by atoms with Gasteiger partial charge in [0.15, 0.2) is 5.82 Å². The average Bonchev–Trinajstić information content (AvgIpc) is 2.74. The van der Waals surface area contributed by atoms with E-state index in [1.54, 1.807) is 4.68 Å². The van der Waals surface area contributed by atoms with Crippen LogP contribution in [0.3, 0.4) is 0 Å². The first-order valence-corrected chi connectivity index (χ1v) is 5.30. The summed E-state index contributed by atoms with van der Waals surface area (Å²) >= 11 is 0. The highest BCUT2D eigenvalue weighted by atomic mass is 15.5. The molecular weight excluding hydrogens is 202 g/mol. The molecule has 0 unspecified atom stereocenters. The summed E-state index contributed by atoms with van der Waals surface area (Å²) in [6, 6.07) is 8.44. The molecule has 2 rings (SSSR count). The van der Waals surface area contributed by atoms with Crippen LogP contribution in [0, 0.1) is 6.92 Å². The molecule has 0 aliphatic rings. The standard InChI is InChI=1S/C11H15N5/c1-9-3-2-4-10(7-9)5-6-16-11(8-12)13-14-15-16/h2-4,7H,5-6,8,12H2,1H3. The third-order valence-electron chi connectivity index (χ3n) is 2.48. The molecule has 0 saturated heterocycles. The summed E-state index contributed by atoms with van der Waals surface area (Å²) in [7, 11) is 0. The van der Waals surface area contributed by atoms with Crippen molar-refractivity contribution in [1.29, 1.82) is 0 Å². The zero-order valence-electron chi connectivity index (χ0n) is 9.30. The van der Waals surface area contributed by atoms with Gasteiger partial charge in [0, 0.05) is 6.54 Å². The quantitative estimate of drug-likeness (QED) is 0.817. The van der Waals surface area contributed by atoms with E-state index in [1.165, 1.54) is 11.1 Å². The van der Waals surface area contributed by atoms with E-state index in [-0.39, 0.29) is 0 Å². The van der Waals surface area contributed by atoms with Crippen LogP contribution < -0.4 is 5.73 Å². The summed E-state index contributed by atoms with van der Waals surface area (Å²) < 4.78 is 1.75. The Balaban J connectivity index is 2.02. The Morgan fingerprint density at radius 3 is 3.00 bits per heavy atom. The molecule has 0 radical (unpaired) electrons. The molecule has 84 valence electrons. The molecule has 0 bridgehead atoms. The van der Waals surface area contributed by atoms with Crippen LogP contribution in [0.25, 0.3) is 0 Å². The normalized spacial score (nSPS) is 10.6. The minimum absolute atomic E-state index is 0.376. The number of aromatic nitrogens is 4. The van der Waals surface area contributed by atoms with Crippen molar-refractivity contribution in [3.63, 3.8) is 0 Å². The van der Waals surface area contributed by atoms with Gasteiger partial charge in [-0.3, -0.25) is 0 Å². The molecule has 0 fully saturated rings. The van der Waals surface area contributed by atoms with E-state index < -0.39 is 0 Å². The maximum absolute atomic E-state index is 5.52. The lowest BCUT2D eigenvalue weighted by atomic mass is 10.1. The summed E-state index contributed by atoms with van der Waals surface area (Å²) in [5, 5.41) is 11.3. The number of nitrogens with two attached hydrogens (primary N) is 1. The van der Waals surface area contributed by atoms with Crippen molar-refractivity contribution < 1.29 is 0 Å². The molecular formula is C11H15N5. The zero-order valence-corrected chi connectivity index (χ0v) is 9.30. The van der Waals surface area contributed by atoms with Crippen LogP contribution in [0.4, 0.5) is 0 Å². The van der Waals surface area contributed by atoms with E-state index >= 15 is 0 Å². The summed E-state index contributed by atoms with van der Waals surface area (Å²) in [4.78, 5) is 0. The van der Waals surface area contributed by atoms with Gasteiger partial charge in [-0.15, -0.1) is 5.10 Å². The van der Waals surface area contributed by atoms with Crippen molar-refractivity contribution in [3.8, 4) is 0 Å². The predicted octanol–water partition coefficient (Wildman–Crippen LogP) is 0.683. The van der Waals surface area contributed by atoms with E-state index in [9.17, 15) is 0 Å². The third-order valence-corrected chi connectivity index (χ3v) is 2.48. The van der Waals surface area contributed by atoms with Crippen LogP contribution >= 0.6 is 0 Å². The van der Waals surface area contributed by atoms with Gasteiger partial charge in [0.25, 0.3) is 0 Å². The Morgan fingerprint density at radius 2 is 2.25 bits per heavy atom. The lowest BCUT2D eigenvalue weighted by molar-refractivity contribution is 0.564. The molecule has 0 aliphatic heterocycles. The van der Waals surface area contributed by atoms with Gasteiger partial charge in [0.2, 0.25) is 0 Å². The van der Waals surface area contributed by atoms with E-state index in [0.717, 1.165) is 18.8 Å². The number of rotatable bonds is 4. The third kappa shape index (κ3) is 2.43. The molecule has 2 aromatic rings. The highest BCUT2D eigenvalue weighted by molar-refractivity contribution is 5.22. The van der Waals surface area contributed by atoms with Crippen LogP contribution in [-0.2, 0) is 19.5 Å². The Morgan fingerprint density at radius 1 is 1.38 bits per heavy atom. The first-order chi connectivity index (χ1) is 7.79. The predicted molar refractivity (Wildman–Crippen MR) is 60.6 cm³/mol. The van der Waals surface area contributed by atoms with E-state index in [0.29, 0.717) is 6.54 Å². The number of benzene rings is 1. The van der Waals surface area contributed by atoms with Gasteiger partial charge in [-0.05, 0) is 29.3 Å². The van der Waals surface area contributed by atoms with Crippen LogP contribution in [-0.4, -0.2) is 20.2 Å². The highest BCUT2D eigenvalue weighted by Gasteiger charge is 2.03. The molecule has 1 aromatic carbocycles. The fourth-order valence-electron chi connectivity index (χ4n) is 1.65. The van der Waals surface area contributed by atoms with Gasteiger partial charge in [0.05, 0.1) is 6.54 Å². The SMILES string of the molecule is Cc1cccc(CCn2nnnc2CN)c1. The zero-order chi connectivity index (χ0) is 11.4. The summed E-state index contributed by atoms with van der Waals surface area (Å²) in [6.07, 6.45) is 0.916. The van der Waals surface area contributed by atoms with E-state index in [2.05, 4.69) is 46.7 Å². The maximum Gasteiger partial charge on any atom is 0.164 e. The summed E-state index contributed by atoms with van der Waals surface area (Å²) in [6.45, 7) is 3.23. The topological polar surface area (TPSA) is 69.6 Å². The van der Waals surface area contributed by atoms with Crippen molar-refractivity contribution in [2.45, 2.75) is 26.4 Å². The first-order valence-electron chi connectivity index (χ1n) is 5.30. The fraction of sp³-hybridized carbons (Fsp3) is 0.364. The molecule has 0 aliphatic carbocycles. The number of aryl methyl sites for hydroxylation is 3. The van der Waals surface area contributed by atoms with E-state index in [4.69, 9.17) is 5.73 Å². The molecule has 0 spiro atoms. The number of nitrogens with zero attached hydrogens (tertiary/aromatic N) is 4. The average molecular weight is 217 g/mol. The minimum atomic E-state index is 0.376. The molecule has 5 nitrogen and oxygen atoms in total. The molecule has 2 N–H and O–H groups in total. The van der Waals surface area contributed by atoms with Crippen LogP contribution in [0.2, 0.25) is 0 Å². The Bertz CT molecular complexity index is 463. The largest absolute Gasteiger partial charge is 0.324 e. The second-order valence-corrected chi connectivity index (χ2v) is 3.76. The van der Waals surface area contributed by atoms with Gasteiger partial charge in [0.1, 0.15) is 0 Å². The Kier molecular flexibility index (Phi) is 3.26. The highest BCUT2D eigenvalue weighted by Crippen LogP contribution is 2.05. The molecule has 1 aromatic heterocycles. The van der Waals surface area contributed by atoms with Gasteiger partial charge in [-0.2, -0.15) is 0 Å². The minimum Gasteiger partial charge on any atom is -0.324 e. The van der Waals surface area contributed by atoms with Crippen molar-refractivity contribution in [2.75, 3.05) is 0 Å². The van der Waals surface area contributed by atoms with E-state index in [1.807, 2.05) is 0 Å². The fourth-order valence-corrected chi connectivity index (χ4v) is 1.65. The molecule has 1 heterocycles. The van der Waals surface area contributed by atoms with Gasteiger partial charge in [-0.25, -0.2) is 4.68 Å². The number of tetrazole rings is 1. The Hall–Kier alpha value is -1.75. The Labute approximate surface area is 94.3 Å². The smallest absolute Gasteiger partial charge is 0.164 e. The number of hydrogen-bond donors (Lipinski definition) is 1. The second-order valence-electron chi connectivity index (χ2n) is 3.76. The van der Waals surface area contributed by atoms with Crippen molar-refractivity contribution in [2.24, 2.45) is 5.73 Å². The molecule has 0 amide bonds. The molecule has 16 heavy (non-hydrogen) atoms. The molecule has 0 atom stereocenters. The van der Waals surface area contributed by atoms with Crippen LogP contribution in [0.15, 0.2) is 24.3 Å². The molecule has 5 heteroatoms. The maximum atomic E-state index is 5.52. The summed E-state index contributed by atoms with van der Waals surface area (Å²) in [5.41, 5.74) is 8.09.